The minimum absolute atomic E-state index is 0.0800. The lowest BCUT2D eigenvalue weighted by atomic mass is 9.48. The highest BCUT2D eigenvalue weighted by atomic mass is 79.9. The minimum atomic E-state index is -0.0800. The molecule has 28 heavy (non-hydrogen) atoms. The molecule has 0 spiro atoms. The van der Waals surface area contributed by atoms with Crippen LogP contribution in [0.4, 0.5) is 0 Å². The summed E-state index contributed by atoms with van der Waals surface area (Å²) in [5, 5.41) is 0. The largest absolute Gasteiger partial charge is 0.484 e. The van der Waals surface area contributed by atoms with Gasteiger partial charge >= 0.3 is 0 Å². The Bertz CT molecular complexity index is 875. The number of hydrogen-bond acceptors (Lipinski definition) is 3. The Morgan fingerprint density at radius 3 is 2.43 bits per heavy atom. The van der Waals surface area contributed by atoms with E-state index < -0.39 is 0 Å². The molecule has 4 bridgehead atoms. The number of furan rings is 1. The fraction of sp³-hybridized carbons (Fsp3) is 0.458. The maximum atomic E-state index is 13.1. The van der Waals surface area contributed by atoms with Crippen LogP contribution < -0.4 is 4.74 Å². The lowest BCUT2D eigenvalue weighted by molar-refractivity contribution is -0.138. The number of ether oxygens (including phenoxy) is 1. The standard InChI is InChI=1S/C24H25BrO3/c25-21-3-1-2-4-22(21)27-15-20-6-5-19(28-20)7-8-23(26)24-12-16-9-17(13-24)11-18(10-16)14-24/h1-8,16-18H,9-15H2/b8-7+. The van der Waals surface area contributed by atoms with Crippen LogP contribution in [0.3, 0.4) is 0 Å². The van der Waals surface area contributed by atoms with Crippen molar-refractivity contribution in [1.82, 2.24) is 0 Å². The molecular weight excluding hydrogens is 416 g/mol. The zero-order valence-electron chi connectivity index (χ0n) is 15.9. The zero-order valence-corrected chi connectivity index (χ0v) is 17.5. The third kappa shape index (κ3) is 3.47. The zero-order chi connectivity index (χ0) is 19.1. The van der Waals surface area contributed by atoms with Gasteiger partial charge in [-0.1, -0.05) is 12.1 Å². The quantitative estimate of drug-likeness (QED) is 0.486. The van der Waals surface area contributed by atoms with Crippen molar-refractivity contribution in [3.63, 3.8) is 0 Å². The molecule has 1 aromatic heterocycles. The number of allylic oxidation sites excluding steroid dienone is 1. The first-order chi connectivity index (χ1) is 13.6. The van der Waals surface area contributed by atoms with Gasteiger partial charge in [0.1, 0.15) is 23.9 Å². The fourth-order valence-electron chi connectivity index (χ4n) is 6.02. The van der Waals surface area contributed by atoms with Gasteiger partial charge in [0.05, 0.1) is 4.47 Å². The molecule has 3 nitrogen and oxygen atoms in total. The second kappa shape index (κ2) is 7.22. The maximum Gasteiger partial charge on any atom is 0.161 e. The van der Waals surface area contributed by atoms with E-state index in [1.54, 1.807) is 6.08 Å². The lowest BCUT2D eigenvalue weighted by Crippen LogP contribution is -2.49. The number of para-hydroxylation sites is 1. The first-order valence-corrected chi connectivity index (χ1v) is 11.1. The van der Waals surface area contributed by atoms with Crippen molar-refractivity contribution in [2.75, 3.05) is 0 Å². The SMILES string of the molecule is O=C(/C=C/c1ccc(COc2ccccc2Br)o1)C12CC3CC(CC(C3)C1)C2. The van der Waals surface area contributed by atoms with Crippen LogP contribution >= 0.6 is 15.9 Å². The number of benzene rings is 1. The summed E-state index contributed by atoms with van der Waals surface area (Å²) in [6, 6.07) is 11.6. The summed E-state index contributed by atoms with van der Waals surface area (Å²) in [7, 11) is 0. The first kappa shape index (κ1) is 18.2. The van der Waals surface area contributed by atoms with Gasteiger partial charge in [0.2, 0.25) is 0 Å². The normalized spacial score (nSPS) is 30.8. The molecule has 0 unspecified atom stereocenters. The Kier molecular flexibility index (Phi) is 4.70. The minimum Gasteiger partial charge on any atom is -0.484 e. The van der Waals surface area contributed by atoms with E-state index in [9.17, 15) is 4.79 Å². The van der Waals surface area contributed by atoms with Crippen molar-refractivity contribution in [2.45, 2.75) is 45.1 Å². The Morgan fingerprint density at radius 2 is 1.75 bits per heavy atom. The molecule has 0 aliphatic heterocycles. The molecular formula is C24H25BrO3. The molecule has 2 aromatic rings. The van der Waals surface area contributed by atoms with E-state index in [1.807, 2.05) is 42.5 Å². The molecule has 6 rings (SSSR count). The molecule has 4 aliphatic carbocycles. The Morgan fingerprint density at radius 1 is 1.07 bits per heavy atom. The second-order valence-electron chi connectivity index (χ2n) is 8.92. The van der Waals surface area contributed by atoms with Gasteiger partial charge in [-0.15, -0.1) is 0 Å². The van der Waals surface area contributed by atoms with Gasteiger partial charge < -0.3 is 9.15 Å². The summed E-state index contributed by atoms with van der Waals surface area (Å²) in [6.45, 7) is 0.360. The summed E-state index contributed by atoms with van der Waals surface area (Å²) in [5.41, 5.74) is -0.0800. The van der Waals surface area contributed by atoms with Crippen LogP contribution in [0.2, 0.25) is 0 Å². The molecule has 0 saturated heterocycles. The average Bonchev–Trinajstić information content (AvgIpc) is 3.12. The maximum absolute atomic E-state index is 13.1. The third-order valence-corrected chi connectivity index (χ3v) is 7.50. The van der Waals surface area contributed by atoms with Crippen molar-refractivity contribution in [2.24, 2.45) is 23.2 Å². The van der Waals surface area contributed by atoms with Crippen molar-refractivity contribution in [1.29, 1.82) is 0 Å². The molecule has 4 fully saturated rings. The van der Waals surface area contributed by atoms with E-state index in [4.69, 9.17) is 9.15 Å². The highest BCUT2D eigenvalue weighted by Crippen LogP contribution is 2.60. The highest BCUT2D eigenvalue weighted by molar-refractivity contribution is 9.10. The highest BCUT2D eigenvalue weighted by Gasteiger charge is 2.53. The van der Waals surface area contributed by atoms with Crippen molar-refractivity contribution < 1.29 is 13.9 Å². The Labute approximate surface area is 174 Å². The van der Waals surface area contributed by atoms with E-state index in [-0.39, 0.29) is 5.41 Å². The number of hydrogen-bond donors (Lipinski definition) is 0. The van der Waals surface area contributed by atoms with Gasteiger partial charge in [0.15, 0.2) is 5.78 Å². The number of carbonyl (C=O) groups is 1. The Hall–Kier alpha value is -1.81. The number of carbonyl (C=O) groups excluding carboxylic acids is 1. The van der Waals surface area contributed by atoms with E-state index in [0.717, 1.165) is 53.0 Å². The van der Waals surface area contributed by atoms with E-state index in [0.29, 0.717) is 18.2 Å². The molecule has 146 valence electrons. The summed E-state index contributed by atoms with van der Waals surface area (Å²) in [5.74, 6) is 4.92. The fourth-order valence-corrected chi connectivity index (χ4v) is 6.42. The lowest BCUT2D eigenvalue weighted by Gasteiger charge is -2.55. The molecule has 0 N–H and O–H groups in total. The van der Waals surface area contributed by atoms with Crippen LogP contribution in [-0.4, -0.2) is 5.78 Å². The summed E-state index contributed by atoms with van der Waals surface area (Å²) in [4.78, 5) is 13.1. The molecule has 1 aromatic carbocycles. The van der Waals surface area contributed by atoms with Gasteiger partial charge in [0.25, 0.3) is 0 Å². The molecule has 4 aliphatic rings. The Balaban J connectivity index is 1.23. The van der Waals surface area contributed by atoms with Crippen molar-refractivity contribution >= 4 is 27.8 Å². The molecule has 4 saturated carbocycles. The second-order valence-corrected chi connectivity index (χ2v) is 9.77. The van der Waals surface area contributed by atoms with Gasteiger partial charge in [-0.25, -0.2) is 0 Å². The number of ketones is 1. The van der Waals surface area contributed by atoms with Crippen LogP contribution in [0.1, 0.15) is 50.0 Å². The molecule has 4 heteroatoms. The molecule has 0 radical (unpaired) electrons. The number of halogens is 1. The van der Waals surface area contributed by atoms with Gasteiger partial charge in [-0.2, -0.15) is 0 Å². The summed E-state index contributed by atoms with van der Waals surface area (Å²) in [6.07, 6.45) is 11.0. The topological polar surface area (TPSA) is 39.4 Å². The number of rotatable bonds is 6. The van der Waals surface area contributed by atoms with E-state index >= 15 is 0 Å². The van der Waals surface area contributed by atoms with E-state index in [2.05, 4.69) is 15.9 Å². The monoisotopic (exact) mass is 440 g/mol. The van der Waals surface area contributed by atoms with Crippen LogP contribution in [0, 0.1) is 23.2 Å². The summed E-state index contributed by atoms with van der Waals surface area (Å²) >= 11 is 3.48. The van der Waals surface area contributed by atoms with Crippen LogP contribution in [0.15, 0.2) is 51.4 Å². The van der Waals surface area contributed by atoms with Gasteiger partial charge in [-0.3, -0.25) is 4.79 Å². The van der Waals surface area contributed by atoms with Crippen molar-refractivity contribution in [3.05, 3.63) is 58.5 Å². The van der Waals surface area contributed by atoms with Crippen LogP contribution in [-0.2, 0) is 11.4 Å². The summed E-state index contributed by atoms with van der Waals surface area (Å²) < 4.78 is 12.5. The van der Waals surface area contributed by atoms with Gasteiger partial charge in [-0.05, 0) is 109 Å². The first-order valence-electron chi connectivity index (χ1n) is 10.3. The third-order valence-electron chi connectivity index (χ3n) is 6.85. The predicted octanol–water partition coefficient (Wildman–Crippen LogP) is 6.42. The molecule has 1 heterocycles. The predicted molar refractivity (Wildman–Crippen MR) is 112 cm³/mol. The van der Waals surface area contributed by atoms with Crippen LogP contribution in [0.5, 0.6) is 5.75 Å². The van der Waals surface area contributed by atoms with Gasteiger partial charge in [0, 0.05) is 5.41 Å². The molecule has 0 atom stereocenters. The van der Waals surface area contributed by atoms with Crippen molar-refractivity contribution in [3.8, 4) is 5.75 Å². The van der Waals surface area contributed by atoms with E-state index in [1.165, 1.54) is 19.3 Å². The average molecular weight is 441 g/mol. The van der Waals surface area contributed by atoms with Crippen LogP contribution in [0.25, 0.3) is 6.08 Å². The smallest absolute Gasteiger partial charge is 0.161 e. The molecule has 0 amide bonds.